The van der Waals surface area contributed by atoms with Crippen LogP contribution in [0.25, 0.3) is 0 Å². The van der Waals surface area contributed by atoms with Gasteiger partial charge >= 0.3 is 0 Å². The third-order valence-electron chi connectivity index (χ3n) is 2.93. The first kappa shape index (κ1) is 15.0. The Morgan fingerprint density at radius 3 is 2.95 bits per heavy atom. The molecule has 0 radical (unpaired) electrons. The Hall–Kier alpha value is -1.36. The fraction of sp³-hybridized carbons (Fsp3) is 0.267. The third kappa shape index (κ3) is 4.63. The van der Waals surface area contributed by atoms with Crippen LogP contribution < -0.4 is 10.6 Å². The summed E-state index contributed by atoms with van der Waals surface area (Å²) in [6, 6.07) is 7.56. The zero-order valence-electron chi connectivity index (χ0n) is 11.3. The first-order valence-electron chi connectivity index (χ1n) is 6.43. The van der Waals surface area contributed by atoms with Gasteiger partial charge in [0.25, 0.3) is 0 Å². The van der Waals surface area contributed by atoms with Crippen LogP contribution in [0.2, 0.25) is 5.02 Å². The average molecular weight is 309 g/mol. The van der Waals surface area contributed by atoms with Crippen molar-refractivity contribution >= 4 is 34.5 Å². The molecule has 0 saturated heterocycles. The molecule has 20 heavy (non-hydrogen) atoms. The highest BCUT2D eigenvalue weighted by molar-refractivity contribution is 7.07. The molecule has 106 valence electrons. The minimum Gasteiger partial charge on any atom is -0.325 e. The van der Waals surface area contributed by atoms with Crippen molar-refractivity contribution in [2.75, 3.05) is 18.4 Å². The van der Waals surface area contributed by atoms with E-state index in [0.29, 0.717) is 11.6 Å². The van der Waals surface area contributed by atoms with Crippen molar-refractivity contribution < 1.29 is 4.79 Å². The third-order valence-corrected chi connectivity index (χ3v) is 3.90. The predicted molar refractivity (Wildman–Crippen MR) is 85.7 cm³/mol. The molecule has 0 bridgehead atoms. The molecule has 2 aromatic rings. The van der Waals surface area contributed by atoms with E-state index in [0.717, 1.165) is 24.2 Å². The molecular weight excluding hydrogens is 292 g/mol. The Labute approximate surface area is 128 Å². The molecular formula is C15H17ClN2OS. The summed E-state index contributed by atoms with van der Waals surface area (Å²) < 4.78 is 0. The monoisotopic (exact) mass is 308 g/mol. The Morgan fingerprint density at radius 1 is 1.35 bits per heavy atom. The summed E-state index contributed by atoms with van der Waals surface area (Å²) in [7, 11) is 0. The van der Waals surface area contributed by atoms with Crippen LogP contribution in [0.3, 0.4) is 0 Å². The lowest BCUT2D eigenvalue weighted by Crippen LogP contribution is -2.29. The lowest BCUT2D eigenvalue weighted by Gasteiger charge is -2.09. The van der Waals surface area contributed by atoms with Crippen LogP contribution >= 0.6 is 22.9 Å². The Kier molecular flexibility index (Phi) is 5.59. The molecule has 1 amide bonds. The molecule has 0 unspecified atom stereocenters. The summed E-state index contributed by atoms with van der Waals surface area (Å²) in [5.74, 6) is -0.0549. The lowest BCUT2D eigenvalue weighted by molar-refractivity contribution is -0.115. The molecule has 0 aliphatic heterocycles. The number of aryl methyl sites for hydroxylation is 1. The second-order valence-corrected chi connectivity index (χ2v) is 5.78. The zero-order valence-corrected chi connectivity index (χ0v) is 12.9. The standard InChI is InChI=1S/C15H17ClN2OS/c1-11-2-3-13(16)8-14(11)18-15(19)9-17-6-4-12-5-7-20-10-12/h2-3,5,7-8,10,17H,4,6,9H2,1H3,(H,18,19). The van der Waals surface area contributed by atoms with Crippen molar-refractivity contribution in [1.29, 1.82) is 0 Å². The first-order chi connectivity index (χ1) is 9.65. The van der Waals surface area contributed by atoms with Crippen molar-refractivity contribution in [2.45, 2.75) is 13.3 Å². The average Bonchev–Trinajstić information content (AvgIpc) is 2.92. The van der Waals surface area contributed by atoms with Crippen LogP contribution in [0.1, 0.15) is 11.1 Å². The number of benzene rings is 1. The minimum absolute atomic E-state index is 0.0549. The van der Waals surface area contributed by atoms with Crippen LogP contribution in [0.5, 0.6) is 0 Å². The number of halogens is 1. The van der Waals surface area contributed by atoms with Crippen LogP contribution in [0.15, 0.2) is 35.0 Å². The number of amides is 1. The molecule has 2 rings (SSSR count). The van der Waals surface area contributed by atoms with Crippen LogP contribution in [-0.2, 0) is 11.2 Å². The summed E-state index contributed by atoms with van der Waals surface area (Å²) in [6.07, 6.45) is 0.937. The smallest absolute Gasteiger partial charge is 0.238 e. The summed E-state index contributed by atoms with van der Waals surface area (Å²) >= 11 is 7.61. The molecule has 1 aromatic carbocycles. The van der Waals surface area contributed by atoms with E-state index >= 15 is 0 Å². The van der Waals surface area contributed by atoms with Gasteiger partial charge in [-0.3, -0.25) is 4.79 Å². The lowest BCUT2D eigenvalue weighted by atomic mass is 10.2. The van der Waals surface area contributed by atoms with Gasteiger partial charge in [0.05, 0.1) is 6.54 Å². The number of thiophene rings is 1. The quantitative estimate of drug-likeness (QED) is 0.802. The van der Waals surface area contributed by atoms with Crippen molar-refractivity contribution in [2.24, 2.45) is 0 Å². The van der Waals surface area contributed by atoms with Gasteiger partial charge in [-0.2, -0.15) is 11.3 Å². The van der Waals surface area contributed by atoms with Gasteiger partial charge in [-0.15, -0.1) is 0 Å². The van der Waals surface area contributed by atoms with Gasteiger partial charge in [0, 0.05) is 10.7 Å². The van der Waals surface area contributed by atoms with Crippen molar-refractivity contribution in [1.82, 2.24) is 5.32 Å². The molecule has 1 heterocycles. The Morgan fingerprint density at radius 2 is 2.20 bits per heavy atom. The second-order valence-electron chi connectivity index (χ2n) is 4.57. The highest BCUT2D eigenvalue weighted by Crippen LogP contribution is 2.19. The summed E-state index contributed by atoms with van der Waals surface area (Å²) in [6.45, 7) is 3.03. The van der Waals surface area contributed by atoms with E-state index in [1.165, 1.54) is 5.56 Å². The van der Waals surface area contributed by atoms with Gasteiger partial charge in [0.2, 0.25) is 5.91 Å². The van der Waals surface area contributed by atoms with Crippen LogP contribution in [0, 0.1) is 6.92 Å². The van der Waals surface area contributed by atoms with Crippen LogP contribution in [-0.4, -0.2) is 19.0 Å². The number of hydrogen-bond acceptors (Lipinski definition) is 3. The Balaban J connectivity index is 1.73. The van der Waals surface area contributed by atoms with Gasteiger partial charge in [0.1, 0.15) is 0 Å². The highest BCUT2D eigenvalue weighted by Gasteiger charge is 2.05. The number of carbonyl (C=O) groups excluding carboxylic acids is 1. The van der Waals surface area contributed by atoms with Gasteiger partial charge in [-0.1, -0.05) is 17.7 Å². The number of nitrogens with one attached hydrogen (secondary N) is 2. The van der Waals surface area contributed by atoms with E-state index in [1.54, 1.807) is 17.4 Å². The van der Waals surface area contributed by atoms with Gasteiger partial charge in [0.15, 0.2) is 0 Å². The molecule has 0 fully saturated rings. The number of hydrogen-bond donors (Lipinski definition) is 2. The molecule has 2 N–H and O–H groups in total. The fourth-order valence-electron chi connectivity index (χ4n) is 1.79. The zero-order chi connectivity index (χ0) is 14.4. The first-order valence-corrected chi connectivity index (χ1v) is 7.75. The van der Waals surface area contributed by atoms with Gasteiger partial charge in [-0.05, 0) is 60.0 Å². The maximum absolute atomic E-state index is 11.8. The van der Waals surface area contributed by atoms with E-state index in [4.69, 9.17) is 11.6 Å². The molecule has 0 spiro atoms. The number of rotatable bonds is 6. The van der Waals surface area contributed by atoms with Crippen molar-refractivity contribution in [3.05, 3.63) is 51.2 Å². The SMILES string of the molecule is Cc1ccc(Cl)cc1NC(=O)CNCCc1ccsc1. The Bertz CT molecular complexity index is 569. The molecule has 3 nitrogen and oxygen atoms in total. The highest BCUT2D eigenvalue weighted by atomic mass is 35.5. The molecule has 0 aliphatic carbocycles. The van der Waals surface area contributed by atoms with Crippen LogP contribution in [0.4, 0.5) is 5.69 Å². The number of anilines is 1. The minimum atomic E-state index is -0.0549. The normalized spacial score (nSPS) is 10.5. The summed E-state index contributed by atoms with van der Waals surface area (Å²) in [5.41, 5.74) is 3.07. The molecule has 0 saturated carbocycles. The van der Waals surface area contributed by atoms with E-state index in [2.05, 4.69) is 27.5 Å². The number of carbonyl (C=O) groups is 1. The second kappa shape index (κ2) is 7.43. The van der Waals surface area contributed by atoms with Gasteiger partial charge < -0.3 is 10.6 Å². The molecule has 5 heteroatoms. The van der Waals surface area contributed by atoms with Gasteiger partial charge in [-0.25, -0.2) is 0 Å². The summed E-state index contributed by atoms with van der Waals surface area (Å²) in [5, 5.41) is 10.8. The van der Waals surface area contributed by atoms with E-state index in [9.17, 15) is 4.79 Å². The molecule has 1 aromatic heterocycles. The fourth-order valence-corrected chi connectivity index (χ4v) is 2.67. The maximum atomic E-state index is 11.8. The van der Waals surface area contributed by atoms with E-state index in [1.807, 2.05) is 19.1 Å². The molecule has 0 aliphatic rings. The van der Waals surface area contributed by atoms with Crippen molar-refractivity contribution in [3.8, 4) is 0 Å². The predicted octanol–water partition coefficient (Wildman–Crippen LogP) is 3.48. The largest absolute Gasteiger partial charge is 0.325 e. The maximum Gasteiger partial charge on any atom is 0.238 e. The topological polar surface area (TPSA) is 41.1 Å². The molecule has 0 atom stereocenters. The van der Waals surface area contributed by atoms with E-state index < -0.39 is 0 Å². The van der Waals surface area contributed by atoms with Crippen molar-refractivity contribution in [3.63, 3.8) is 0 Å². The van der Waals surface area contributed by atoms with E-state index in [-0.39, 0.29) is 5.91 Å². The summed E-state index contributed by atoms with van der Waals surface area (Å²) in [4.78, 5) is 11.8.